The van der Waals surface area contributed by atoms with Crippen LogP contribution in [0.15, 0.2) is 0 Å². The van der Waals surface area contributed by atoms with Crippen LogP contribution in [0.2, 0.25) is 0 Å². The second-order valence-electron chi connectivity index (χ2n) is 4.64. The summed E-state index contributed by atoms with van der Waals surface area (Å²) in [5.74, 6) is -2.87. The van der Waals surface area contributed by atoms with Crippen molar-refractivity contribution in [2.24, 2.45) is 0 Å². The first-order valence-corrected chi connectivity index (χ1v) is 6.52. The van der Waals surface area contributed by atoms with Gasteiger partial charge in [0.25, 0.3) is 5.92 Å². The minimum atomic E-state index is -2.87. The molecule has 4 nitrogen and oxygen atoms in total. The number of alkyl halides is 2. The third kappa shape index (κ3) is 7.20. The summed E-state index contributed by atoms with van der Waals surface area (Å²) in [5, 5.41) is 3.29. The molecule has 0 aromatic carbocycles. The molecule has 0 spiro atoms. The van der Waals surface area contributed by atoms with Gasteiger partial charge in [0, 0.05) is 39.9 Å². The van der Waals surface area contributed by atoms with Gasteiger partial charge in [0.15, 0.2) is 0 Å². The molecule has 0 bridgehead atoms. The highest BCUT2D eigenvalue weighted by Crippen LogP contribution is 2.13. The van der Waals surface area contributed by atoms with E-state index in [1.165, 1.54) is 7.11 Å². The summed E-state index contributed by atoms with van der Waals surface area (Å²) in [5.41, 5.74) is 0. The van der Waals surface area contributed by atoms with Crippen LogP contribution in [0.25, 0.3) is 0 Å². The molecule has 0 radical (unpaired) electrons. The molecule has 1 rings (SSSR count). The van der Waals surface area contributed by atoms with Crippen LogP contribution in [-0.2, 0) is 9.47 Å². The van der Waals surface area contributed by atoms with E-state index in [9.17, 15) is 8.78 Å². The SMILES string of the molecule is COCC(F)(F)COCCCCN1CCNCC1. The average molecular weight is 266 g/mol. The number of halogens is 2. The monoisotopic (exact) mass is 266 g/mol. The summed E-state index contributed by atoms with van der Waals surface area (Å²) in [6.45, 7) is 4.53. The van der Waals surface area contributed by atoms with E-state index in [4.69, 9.17) is 4.74 Å². The second kappa shape index (κ2) is 8.74. The molecule has 0 aromatic heterocycles. The van der Waals surface area contributed by atoms with Crippen LogP contribution in [-0.4, -0.2) is 70.5 Å². The summed E-state index contributed by atoms with van der Waals surface area (Å²) in [7, 11) is 1.27. The number of hydrogen-bond donors (Lipinski definition) is 1. The normalized spacial score (nSPS) is 18.2. The van der Waals surface area contributed by atoms with Crippen LogP contribution < -0.4 is 5.32 Å². The lowest BCUT2D eigenvalue weighted by atomic mass is 10.2. The highest BCUT2D eigenvalue weighted by molar-refractivity contribution is 4.67. The molecule has 0 amide bonds. The van der Waals surface area contributed by atoms with Gasteiger partial charge in [-0.05, 0) is 19.4 Å². The molecule has 0 unspecified atom stereocenters. The van der Waals surface area contributed by atoms with Crippen LogP contribution in [0, 0.1) is 0 Å². The number of nitrogens with one attached hydrogen (secondary N) is 1. The zero-order valence-corrected chi connectivity index (χ0v) is 11.1. The van der Waals surface area contributed by atoms with Crippen LogP contribution in [0.4, 0.5) is 8.78 Å². The third-order valence-corrected chi connectivity index (χ3v) is 2.89. The quantitative estimate of drug-likeness (QED) is 0.631. The Morgan fingerprint density at radius 2 is 1.89 bits per heavy atom. The summed E-state index contributed by atoms with van der Waals surface area (Å²) in [6, 6.07) is 0. The summed E-state index contributed by atoms with van der Waals surface area (Å²) in [4.78, 5) is 2.38. The fourth-order valence-corrected chi connectivity index (χ4v) is 1.95. The van der Waals surface area contributed by atoms with E-state index in [0.717, 1.165) is 45.6 Å². The van der Waals surface area contributed by atoms with Crippen LogP contribution in [0.1, 0.15) is 12.8 Å². The van der Waals surface area contributed by atoms with Gasteiger partial charge in [-0.2, -0.15) is 0 Å². The van der Waals surface area contributed by atoms with E-state index in [0.29, 0.717) is 6.61 Å². The molecule has 0 aliphatic carbocycles. The molecule has 1 aliphatic rings. The van der Waals surface area contributed by atoms with Crippen molar-refractivity contribution in [1.29, 1.82) is 0 Å². The van der Waals surface area contributed by atoms with E-state index >= 15 is 0 Å². The van der Waals surface area contributed by atoms with Crippen LogP contribution in [0.5, 0.6) is 0 Å². The minimum absolute atomic E-state index is 0.394. The number of methoxy groups -OCH3 is 1. The highest BCUT2D eigenvalue weighted by Gasteiger charge is 2.28. The maximum Gasteiger partial charge on any atom is 0.293 e. The largest absolute Gasteiger partial charge is 0.378 e. The van der Waals surface area contributed by atoms with Crippen molar-refractivity contribution in [3.63, 3.8) is 0 Å². The molecule has 1 N–H and O–H groups in total. The molecule has 18 heavy (non-hydrogen) atoms. The van der Waals surface area contributed by atoms with Gasteiger partial charge in [0.05, 0.1) is 0 Å². The Morgan fingerprint density at radius 3 is 2.56 bits per heavy atom. The van der Waals surface area contributed by atoms with Gasteiger partial charge in [-0.25, -0.2) is 8.78 Å². The first-order valence-electron chi connectivity index (χ1n) is 6.52. The molecule has 1 heterocycles. The minimum Gasteiger partial charge on any atom is -0.378 e. The Balaban J connectivity index is 1.92. The van der Waals surface area contributed by atoms with Gasteiger partial charge in [-0.15, -0.1) is 0 Å². The lowest BCUT2D eigenvalue weighted by molar-refractivity contribution is -0.116. The van der Waals surface area contributed by atoms with E-state index in [1.807, 2.05) is 0 Å². The van der Waals surface area contributed by atoms with E-state index < -0.39 is 19.1 Å². The van der Waals surface area contributed by atoms with Crippen molar-refractivity contribution in [3.8, 4) is 0 Å². The highest BCUT2D eigenvalue weighted by atomic mass is 19.3. The number of ether oxygens (including phenoxy) is 2. The third-order valence-electron chi connectivity index (χ3n) is 2.89. The number of nitrogens with zero attached hydrogens (tertiary/aromatic N) is 1. The topological polar surface area (TPSA) is 33.7 Å². The smallest absolute Gasteiger partial charge is 0.293 e. The predicted molar refractivity (Wildman–Crippen MR) is 66.2 cm³/mol. The summed E-state index contributed by atoms with van der Waals surface area (Å²) < 4.78 is 35.3. The Bertz CT molecular complexity index is 212. The molecule has 1 saturated heterocycles. The first-order chi connectivity index (χ1) is 8.64. The van der Waals surface area contributed by atoms with Gasteiger partial charge >= 0.3 is 0 Å². The van der Waals surface area contributed by atoms with Crippen molar-refractivity contribution in [2.75, 3.05) is 59.7 Å². The fourth-order valence-electron chi connectivity index (χ4n) is 1.95. The van der Waals surface area contributed by atoms with Gasteiger partial charge in [0.1, 0.15) is 13.2 Å². The zero-order chi connectivity index (χ0) is 13.3. The van der Waals surface area contributed by atoms with Crippen LogP contribution in [0.3, 0.4) is 0 Å². The van der Waals surface area contributed by atoms with Crippen molar-refractivity contribution < 1.29 is 18.3 Å². The Hall–Kier alpha value is -0.300. The standard InChI is InChI=1S/C12H24F2N2O2/c1-17-10-12(13,14)11-18-9-3-2-6-16-7-4-15-5-8-16/h15H,2-11H2,1H3. The van der Waals surface area contributed by atoms with Crippen molar-refractivity contribution >= 4 is 0 Å². The molecule has 0 atom stereocenters. The van der Waals surface area contributed by atoms with Crippen molar-refractivity contribution in [2.45, 2.75) is 18.8 Å². The maximum atomic E-state index is 13.0. The summed E-state index contributed by atoms with van der Waals surface area (Å²) in [6.07, 6.45) is 1.82. The van der Waals surface area contributed by atoms with Crippen molar-refractivity contribution in [1.82, 2.24) is 10.2 Å². The number of rotatable bonds is 9. The Morgan fingerprint density at radius 1 is 1.17 bits per heavy atom. The molecule has 0 saturated carbocycles. The predicted octanol–water partition coefficient (Wildman–Crippen LogP) is 0.970. The van der Waals surface area contributed by atoms with Gasteiger partial charge in [-0.1, -0.05) is 0 Å². The lowest BCUT2D eigenvalue weighted by Crippen LogP contribution is -2.43. The zero-order valence-electron chi connectivity index (χ0n) is 11.1. The molecule has 108 valence electrons. The van der Waals surface area contributed by atoms with E-state index in [2.05, 4.69) is 15.0 Å². The molecule has 6 heteroatoms. The fraction of sp³-hybridized carbons (Fsp3) is 1.00. The summed E-state index contributed by atoms with van der Waals surface area (Å²) >= 11 is 0. The Labute approximate surface area is 108 Å². The number of unbranched alkanes of at least 4 members (excludes halogenated alkanes) is 1. The van der Waals surface area contributed by atoms with Crippen LogP contribution >= 0.6 is 0 Å². The van der Waals surface area contributed by atoms with Gasteiger partial charge in [0.2, 0.25) is 0 Å². The average Bonchev–Trinajstić information content (AvgIpc) is 2.35. The molecular formula is C12H24F2N2O2. The van der Waals surface area contributed by atoms with Gasteiger partial charge in [-0.3, -0.25) is 0 Å². The van der Waals surface area contributed by atoms with Gasteiger partial charge < -0.3 is 19.7 Å². The Kier molecular flexibility index (Phi) is 7.65. The number of hydrogen-bond acceptors (Lipinski definition) is 4. The lowest BCUT2D eigenvalue weighted by Gasteiger charge is -2.27. The molecule has 1 fully saturated rings. The van der Waals surface area contributed by atoms with E-state index in [-0.39, 0.29) is 0 Å². The maximum absolute atomic E-state index is 13.0. The van der Waals surface area contributed by atoms with E-state index in [1.54, 1.807) is 0 Å². The first kappa shape index (κ1) is 15.8. The molecular weight excluding hydrogens is 242 g/mol. The number of piperazine rings is 1. The molecule has 1 aliphatic heterocycles. The molecule has 0 aromatic rings. The second-order valence-corrected chi connectivity index (χ2v) is 4.64. The van der Waals surface area contributed by atoms with Crippen molar-refractivity contribution in [3.05, 3.63) is 0 Å².